The fourth-order valence-corrected chi connectivity index (χ4v) is 4.79. The van der Waals surface area contributed by atoms with Crippen LogP contribution < -0.4 is 0 Å². The molecule has 2 aromatic rings. The Labute approximate surface area is 155 Å². The number of nitrogens with zero attached hydrogens (tertiary/aromatic N) is 2. The Morgan fingerprint density at radius 2 is 2.04 bits per heavy atom. The molecule has 0 saturated carbocycles. The monoisotopic (exact) mass is 372 g/mol. The summed E-state index contributed by atoms with van der Waals surface area (Å²) in [5, 5.41) is 10.2. The third-order valence-corrected chi connectivity index (χ3v) is 6.20. The minimum Gasteiger partial charge on any atom is -0.479 e. The maximum atomic E-state index is 13.1. The number of carboxylic acids is 1. The molecular formula is C19H20N2O4S. The van der Waals surface area contributed by atoms with Gasteiger partial charge in [-0.05, 0) is 25.0 Å². The molecule has 6 nitrogen and oxygen atoms in total. The lowest BCUT2D eigenvalue weighted by molar-refractivity contribution is -0.160. The Kier molecular flexibility index (Phi) is 4.74. The minimum absolute atomic E-state index is 0.00755. The van der Waals surface area contributed by atoms with E-state index in [1.165, 1.54) is 0 Å². The lowest BCUT2D eigenvalue weighted by Gasteiger charge is -2.36. The highest BCUT2D eigenvalue weighted by Gasteiger charge is 2.37. The van der Waals surface area contributed by atoms with Crippen LogP contribution in [0.15, 0.2) is 36.4 Å². The summed E-state index contributed by atoms with van der Waals surface area (Å²) < 4.78 is 6.37. The standard InChI is InChI=1S/C19H20N2O4S/c22-18(21-9-10-25-15(11-21)19(23)24)13-6-2-1-5-12(13)17-20-14-7-3-4-8-16(14)26-17/h1-4,7-8,12-13,15H,5-6,9-11H2,(H,23,24)/t12-,13+,15+/m1/s1. The number of carboxylic acid groups (broad SMARTS) is 1. The van der Waals surface area contributed by atoms with Crippen LogP contribution in [-0.2, 0) is 14.3 Å². The molecule has 1 amide bonds. The molecule has 1 fully saturated rings. The van der Waals surface area contributed by atoms with Crippen LogP contribution in [0.4, 0.5) is 0 Å². The smallest absolute Gasteiger partial charge is 0.334 e. The molecule has 1 aliphatic carbocycles. The number of para-hydroxylation sites is 1. The van der Waals surface area contributed by atoms with E-state index in [0.29, 0.717) is 13.0 Å². The van der Waals surface area contributed by atoms with Gasteiger partial charge in [-0.15, -0.1) is 11.3 Å². The van der Waals surface area contributed by atoms with Crippen LogP contribution in [-0.4, -0.2) is 52.7 Å². The number of amides is 1. The van der Waals surface area contributed by atoms with Gasteiger partial charge in [0.1, 0.15) is 0 Å². The van der Waals surface area contributed by atoms with E-state index < -0.39 is 12.1 Å². The Bertz CT molecular complexity index is 829. The zero-order chi connectivity index (χ0) is 18.1. The zero-order valence-electron chi connectivity index (χ0n) is 14.2. The summed E-state index contributed by atoms with van der Waals surface area (Å²) >= 11 is 1.64. The van der Waals surface area contributed by atoms with Crippen molar-refractivity contribution < 1.29 is 19.4 Å². The van der Waals surface area contributed by atoms with E-state index in [1.54, 1.807) is 16.2 Å². The Morgan fingerprint density at radius 3 is 2.85 bits per heavy atom. The lowest BCUT2D eigenvalue weighted by Crippen LogP contribution is -2.51. The highest BCUT2D eigenvalue weighted by molar-refractivity contribution is 7.18. The number of allylic oxidation sites excluding steroid dienone is 2. The summed E-state index contributed by atoms with van der Waals surface area (Å²) in [6.45, 7) is 0.813. The second-order valence-corrected chi connectivity index (χ2v) is 7.72. The van der Waals surface area contributed by atoms with E-state index in [1.807, 2.05) is 30.3 Å². The molecule has 0 bridgehead atoms. The second kappa shape index (κ2) is 7.17. The SMILES string of the molecule is O=C(O)[C@@H]1CN(C(=O)[C@H]2CC=CC[C@H]2c2nc3ccccc3s2)CCO1. The van der Waals surface area contributed by atoms with E-state index in [-0.39, 0.29) is 30.9 Å². The van der Waals surface area contributed by atoms with Gasteiger partial charge >= 0.3 is 5.97 Å². The van der Waals surface area contributed by atoms with E-state index in [4.69, 9.17) is 9.72 Å². The van der Waals surface area contributed by atoms with Crippen LogP contribution in [0.25, 0.3) is 10.2 Å². The van der Waals surface area contributed by atoms with Gasteiger partial charge in [0.15, 0.2) is 6.10 Å². The molecule has 0 radical (unpaired) electrons. The molecule has 1 aromatic carbocycles. The molecular weight excluding hydrogens is 352 g/mol. The number of benzene rings is 1. The summed E-state index contributed by atoms with van der Waals surface area (Å²) in [5.74, 6) is -1.17. The van der Waals surface area contributed by atoms with E-state index >= 15 is 0 Å². The molecule has 4 rings (SSSR count). The van der Waals surface area contributed by atoms with Crippen LogP contribution in [0.3, 0.4) is 0 Å². The van der Waals surface area contributed by atoms with Gasteiger partial charge in [0.05, 0.1) is 34.3 Å². The molecule has 1 saturated heterocycles. The zero-order valence-corrected chi connectivity index (χ0v) is 15.0. The number of aromatic nitrogens is 1. The van der Waals surface area contributed by atoms with E-state index in [2.05, 4.69) is 6.08 Å². The normalized spacial score (nSPS) is 26.2. The molecule has 0 unspecified atom stereocenters. The third-order valence-electron chi connectivity index (χ3n) is 5.03. The van der Waals surface area contributed by atoms with Gasteiger partial charge in [0.2, 0.25) is 5.91 Å². The molecule has 136 valence electrons. The van der Waals surface area contributed by atoms with Gasteiger partial charge in [-0.1, -0.05) is 24.3 Å². The molecule has 1 aromatic heterocycles. The van der Waals surface area contributed by atoms with Gasteiger partial charge in [-0.2, -0.15) is 0 Å². The highest BCUT2D eigenvalue weighted by Crippen LogP contribution is 2.39. The molecule has 2 aliphatic rings. The van der Waals surface area contributed by atoms with Gasteiger partial charge in [-0.25, -0.2) is 9.78 Å². The predicted octanol–water partition coefficient (Wildman–Crippen LogP) is 2.66. The predicted molar refractivity (Wildman–Crippen MR) is 98.2 cm³/mol. The van der Waals surface area contributed by atoms with Crippen LogP contribution in [0, 0.1) is 5.92 Å². The summed E-state index contributed by atoms with van der Waals surface area (Å²) in [6, 6.07) is 8.00. The average molecular weight is 372 g/mol. The van der Waals surface area contributed by atoms with Crippen LogP contribution in [0.5, 0.6) is 0 Å². The van der Waals surface area contributed by atoms with Crippen molar-refractivity contribution in [1.29, 1.82) is 0 Å². The quantitative estimate of drug-likeness (QED) is 0.838. The molecule has 26 heavy (non-hydrogen) atoms. The summed E-state index contributed by atoms with van der Waals surface area (Å²) in [6.07, 6.45) is 4.66. The second-order valence-electron chi connectivity index (χ2n) is 6.66. The molecule has 7 heteroatoms. The first-order chi connectivity index (χ1) is 12.6. The van der Waals surface area contributed by atoms with Gasteiger partial charge in [0, 0.05) is 12.5 Å². The van der Waals surface area contributed by atoms with E-state index in [9.17, 15) is 14.7 Å². The summed E-state index contributed by atoms with van der Waals surface area (Å²) in [4.78, 5) is 30.7. The number of hydrogen-bond donors (Lipinski definition) is 1. The van der Waals surface area contributed by atoms with Crippen molar-refractivity contribution in [2.75, 3.05) is 19.7 Å². The van der Waals surface area contributed by atoms with Crippen LogP contribution in [0.2, 0.25) is 0 Å². The maximum absolute atomic E-state index is 13.1. The van der Waals surface area contributed by atoms with Gasteiger partial charge in [0.25, 0.3) is 0 Å². The minimum atomic E-state index is -1.02. The van der Waals surface area contributed by atoms with Crippen molar-refractivity contribution >= 4 is 33.4 Å². The Hall–Kier alpha value is -2.25. The summed E-state index contributed by atoms with van der Waals surface area (Å²) in [5.41, 5.74) is 0.963. The summed E-state index contributed by atoms with van der Waals surface area (Å²) in [7, 11) is 0. The number of fused-ring (bicyclic) bond motifs is 1. The number of morpholine rings is 1. The molecule has 3 atom stereocenters. The van der Waals surface area contributed by atoms with Crippen LogP contribution >= 0.6 is 11.3 Å². The molecule has 1 N–H and O–H groups in total. The topological polar surface area (TPSA) is 79.7 Å². The van der Waals surface area contributed by atoms with Crippen molar-refractivity contribution in [3.05, 3.63) is 41.4 Å². The first kappa shape index (κ1) is 17.2. The average Bonchev–Trinajstić information content (AvgIpc) is 3.11. The molecule has 2 heterocycles. The first-order valence-corrected chi connectivity index (χ1v) is 9.59. The fourth-order valence-electron chi connectivity index (χ4n) is 3.64. The van der Waals surface area contributed by atoms with Crippen molar-refractivity contribution in [2.45, 2.75) is 24.9 Å². The molecule has 0 spiro atoms. The number of ether oxygens (including phenoxy) is 1. The Balaban J connectivity index is 1.58. The lowest BCUT2D eigenvalue weighted by atomic mass is 9.82. The number of hydrogen-bond acceptors (Lipinski definition) is 5. The van der Waals surface area contributed by atoms with Crippen molar-refractivity contribution in [1.82, 2.24) is 9.88 Å². The number of thiazole rings is 1. The van der Waals surface area contributed by atoms with Gasteiger partial charge in [-0.3, -0.25) is 4.79 Å². The number of carbonyl (C=O) groups excluding carboxylic acids is 1. The number of carbonyl (C=O) groups is 2. The first-order valence-electron chi connectivity index (χ1n) is 8.77. The largest absolute Gasteiger partial charge is 0.479 e. The number of rotatable bonds is 3. The number of aliphatic carboxylic acids is 1. The highest BCUT2D eigenvalue weighted by atomic mass is 32.1. The van der Waals surface area contributed by atoms with E-state index in [0.717, 1.165) is 21.6 Å². The van der Waals surface area contributed by atoms with Crippen molar-refractivity contribution in [3.8, 4) is 0 Å². The molecule has 1 aliphatic heterocycles. The fraction of sp³-hybridized carbons (Fsp3) is 0.421. The van der Waals surface area contributed by atoms with Crippen molar-refractivity contribution in [2.24, 2.45) is 5.92 Å². The maximum Gasteiger partial charge on any atom is 0.334 e. The van der Waals surface area contributed by atoms with Gasteiger partial charge < -0.3 is 14.7 Å². The third kappa shape index (κ3) is 3.24. The van der Waals surface area contributed by atoms with Crippen LogP contribution in [0.1, 0.15) is 23.8 Å². The van der Waals surface area contributed by atoms with Crippen molar-refractivity contribution in [3.63, 3.8) is 0 Å². The Morgan fingerprint density at radius 1 is 1.23 bits per heavy atom.